The van der Waals surface area contributed by atoms with Crippen LogP contribution in [0.25, 0.3) is 133 Å². The lowest BCUT2D eigenvalue weighted by molar-refractivity contribution is 0.668. The molecule has 0 saturated heterocycles. The largest absolute Gasteiger partial charge is 0.454 e. The molecule has 0 unspecified atom stereocenters. The summed E-state index contributed by atoms with van der Waals surface area (Å²) in [6, 6.07) is 119. The van der Waals surface area contributed by atoms with Gasteiger partial charge in [-0.25, -0.2) is 0 Å². The van der Waals surface area contributed by atoms with Crippen LogP contribution in [0.2, 0.25) is 0 Å². The first-order valence-electron chi connectivity index (χ1n) is 30.7. The highest BCUT2D eigenvalue weighted by atomic mass is 16.3. The van der Waals surface area contributed by atoms with Crippen LogP contribution in [-0.4, -0.2) is 9.13 Å². The van der Waals surface area contributed by atoms with Crippen molar-refractivity contribution in [3.63, 3.8) is 0 Å². The number of hydrogen-bond donors (Lipinski definition) is 0. The number of aromatic nitrogens is 2. The smallest absolute Gasteiger partial charge is 0.159 e. The van der Waals surface area contributed by atoms with Crippen molar-refractivity contribution in [2.24, 2.45) is 0 Å². The number of para-hydroxylation sites is 8. The van der Waals surface area contributed by atoms with E-state index in [1.165, 1.54) is 99.2 Å². The molecule has 0 radical (unpaired) electrons. The van der Waals surface area contributed by atoms with Crippen LogP contribution in [0.4, 0.5) is 17.1 Å². The van der Waals surface area contributed by atoms with Gasteiger partial charge >= 0.3 is 0 Å². The molecule has 0 atom stereocenters. The molecule has 89 heavy (non-hydrogen) atoms. The minimum absolute atomic E-state index is 0.786. The highest BCUT2D eigenvalue weighted by molar-refractivity contribution is 6.17. The number of hydrogen-bond acceptors (Lipinski definition) is 2. The van der Waals surface area contributed by atoms with Gasteiger partial charge in [-0.3, -0.25) is 0 Å². The molecular formula is C85H53N3O. The van der Waals surface area contributed by atoms with Crippen LogP contribution in [0, 0.1) is 0 Å². The van der Waals surface area contributed by atoms with Crippen molar-refractivity contribution in [3.8, 4) is 67.0 Å². The Bertz CT molecular complexity index is 5460. The van der Waals surface area contributed by atoms with Gasteiger partial charge in [0.15, 0.2) is 5.58 Å². The summed E-state index contributed by atoms with van der Waals surface area (Å²) in [6.07, 6.45) is 0. The standard InChI is InChI=1S/C85H53N3O/c1-3-24-56(25-4-1)86-76-44-18-13-34-64(76)69-39-21-37-67(82(69)86)60-30-9-7-28-58(60)54-48-50-78-74(52-54)85(72-42-16-11-32-62(72)63-33-12-17-43-73(63)85)75-53-55(49-51-79(75)88(78)80-46-23-41-71-66-36-15-20-47-81(66)89-84(71)80)59-29-8-10-31-61(59)68-38-22-40-70-65-35-14-19-45-77(65)87(83(68)70)57-26-5-2-6-27-57/h1-53H. The van der Waals surface area contributed by atoms with Crippen LogP contribution in [0.1, 0.15) is 22.3 Å². The third kappa shape index (κ3) is 7.00. The number of fused-ring (bicyclic) bond motifs is 18. The molecule has 0 bridgehead atoms. The zero-order valence-corrected chi connectivity index (χ0v) is 48.3. The van der Waals surface area contributed by atoms with E-state index in [2.05, 4.69) is 336 Å². The maximum absolute atomic E-state index is 7.06. The van der Waals surface area contributed by atoms with Gasteiger partial charge in [0, 0.05) is 54.8 Å². The molecule has 414 valence electrons. The molecule has 3 aromatic heterocycles. The van der Waals surface area contributed by atoms with Crippen molar-refractivity contribution in [2.75, 3.05) is 4.90 Å². The lowest BCUT2D eigenvalue weighted by atomic mass is 9.64. The molecule has 19 rings (SSSR count). The van der Waals surface area contributed by atoms with E-state index < -0.39 is 5.41 Å². The van der Waals surface area contributed by atoms with Crippen LogP contribution in [0.5, 0.6) is 0 Å². The fourth-order valence-corrected chi connectivity index (χ4v) is 15.8. The van der Waals surface area contributed by atoms with Gasteiger partial charge in [-0.1, -0.05) is 249 Å². The van der Waals surface area contributed by atoms with Crippen LogP contribution in [0.3, 0.4) is 0 Å². The topological polar surface area (TPSA) is 26.2 Å². The Hall–Kier alpha value is -11.7. The molecular weight excluding hydrogens is 1080 g/mol. The van der Waals surface area contributed by atoms with Gasteiger partial charge in [-0.2, -0.15) is 0 Å². The second-order valence-corrected chi connectivity index (χ2v) is 23.8. The maximum Gasteiger partial charge on any atom is 0.159 e. The minimum atomic E-state index is -0.786. The predicted octanol–water partition coefficient (Wildman–Crippen LogP) is 22.6. The Balaban J connectivity index is 0.903. The third-order valence-electron chi connectivity index (χ3n) is 19.3. The highest BCUT2D eigenvalue weighted by Gasteiger charge is 2.52. The Kier molecular flexibility index (Phi) is 10.7. The van der Waals surface area contributed by atoms with Crippen molar-refractivity contribution in [2.45, 2.75) is 5.41 Å². The van der Waals surface area contributed by atoms with Crippen LogP contribution < -0.4 is 4.90 Å². The van der Waals surface area contributed by atoms with E-state index in [0.29, 0.717) is 0 Å². The zero-order chi connectivity index (χ0) is 58.3. The molecule has 1 spiro atoms. The van der Waals surface area contributed by atoms with E-state index in [0.717, 1.165) is 72.6 Å². The van der Waals surface area contributed by atoms with E-state index in [1.807, 2.05) is 0 Å². The number of anilines is 3. The predicted molar refractivity (Wildman–Crippen MR) is 370 cm³/mol. The minimum Gasteiger partial charge on any atom is -0.454 e. The third-order valence-corrected chi connectivity index (χ3v) is 19.3. The first-order chi connectivity index (χ1) is 44.2. The number of furan rings is 1. The number of benzene rings is 14. The van der Waals surface area contributed by atoms with Gasteiger partial charge in [-0.15, -0.1) is 0 Å². The van der Waals surface area contributed by atoms with Crippen molar-refractivity contribution >= 4 is 82.6 Å². The first-order valence-corrected chi connectivity index (χ1v) is 30.7. The molecule has 0 saturated carbocycles. The Morgan fingerprint density at radius 3 is 1.17 bits per heavy atom. The summed E-state index contributed by atoms with van der Waals surface area (Å²) in [7, 11) is 0. The van der Waals surface area contributed by atoms with E-state index in [9.17, 15) is 0 Å². The normalized spacial score (nSPS) is 13.0. The monoisotopic (exact) mass is 1130 g/mol. The van der Waals surface area contributed by atoms with Crippen molar-refractivity contribution < 1.29 is 4.42 Å². The average molecular weight is 1130 g/mol. The summed E-state index contributed by atoms with van der Waals surface area (Å²) in [6.45, 7) is 0. The molecule has 4 heteroatoms. The lowest BCUT2D eigenvalue weighted by Crippen LogP contribution is -2.36. The fraction of sp³-hybridized carbons (Fsp3) is 0.0118. The Morgan fingerprint density at radius 1 is 0.247 bits per heavy atom. The van der Waals surface area contributed by atoms with Gasteiger partial charge in [-0.05, 0) is 140 Å². The first kappa shape index (κ1) is 49.5. The van der Waals surface area contributed by atoms with E-state index in [1.54, 1.807) is 0 Å². The van der Waals surface area contributed by atoms with Crippen molar-refractivity contribution in [3.05, 3.63) is 344 Å². The Labute approximate surface area is 514 Å². The second-order valence-electron chi connectivity index (χ2n) is 23.8. The number of nitrogens with zero attached hydrogens (tertiary/aromatic N) is 3. The SMILES string of the molecule is c1ccc(-n2c3ccccc3c3cccc(-c4ccccc4-c4ccc5c(c4)C4(c6ccccc6-c6ccccc64)c4cc(-c6ccccc6-c6cccc7c8ccccc8n(-c8ccccc8)c67)ccc4N5c4cccc5c4oc4ccccc45)c32)cc1. The fourth-order valence-electron chi connectivity index (χ4n) is 15.8. The second kappa shape index (κ2) is 19.1. The molecule has 0 amide bonds. The van der Waals surface area contributed by atoms with Crippen LogP contribution in [-0.2, 0) is 5.41 Å². The molecule has 4 heterocycles. The lowest BCUT2D eigenvalue weighted by Gasteiger charge is -2.45. The van der Waals surface area contributed by atoms with Gasteiger partial charge in [0.2, 0.25) is 0 Å². The molecule has 17 aromatic rings. The zero-order valence-electron chi connectivity index (χ0n) is 48.3. The van der Waals surface area contributed by atoms with Gasteiger partial charge in [0.1, 0.15) is 5.58 Å². The van der Waals surface area contributed by atoms with Crippen LogP contribution >= 0.6 is 0 Å². The van der Waals surface area contributed by atoms with Gasteiger partial charge < -0.3 is 18.5 Å². The molecule has 1 aliphatic carbocycles. The summed E-state index contributed by atoms with van der Waals surface area (Å²) in [5.41, 5.74) is 27.8. The quantitative estimate of drug-likeness (QED) is 0.159. The molecule has 4 nitrogen and oxygen atoms in total. The molecule has 2 aliphatic rings. The molecule has 1 aliphatic heterocycles. The number of rotatable bonds is 7. The van der Waals surface area contributed by atoms with Gasteiger partial charge in [0.25, 0.3) is 0 Å². The van der Waals surface area contributed by atoms with E-state index in [4.69, 9.17) is 4.42 Å². The summed E-state index contributed by atoms with van der Waals surface area (Å²) in [5.74, 6) is 0. The maximum atomic E-state index is 7.06. The summed E-state index contributed by atoms with van der Waals surface area (Å²) >= 11 is 0. The molecule has 0 fully saturated rings. The average Bonchev–Trinajstić information content (AvgIpc) is 1.63. The van der Waals surface area contributed by atoms with E-state index in [-0.39, 0.29) is 0 Å². The van der Waals surface area contributed by atoms with Crippen molar-refractivity contribution in [1.82, 2.24) is 9.13 Å². The van der Waals surface area contributed by atoms with Gasteiger partial charge in [0.05, 0.1) is 44.5 Å². The summed E-state index contributed by atoms with van der Waals surface area (Å²) in [5, 5.41) is 7.08. The Morgan fingerprint density at radius 2 is 0.640 bits per heavy atom. The highest BCUT2D eigenvalue weighted by Crippen LogP contribution is 2.65. The van der Waals surface area contributed by atoms with E-state index >= 15 is 0 Å². The summed E-state index contributed by atoms with van der Waals surface area (Å²) < 4.78 is 12.0. The molecule has 14 aromatic carbocycles. The summed E-state index contributed by atoms with van der Waals surface area (Å²) in [4.78, 5) is 2.51. The molecule has 0 N–H and O–H groups in total. The van der Waals surface area contributed by atoms with Crippen LogP contribution in [0.15, 0.2) is 326 Å². The van der Waals surface area contributed by atoms with Crippen molar-refractivity contribution in [1.29, 1.82) is 0 Å².